The van der Waals surface area contributed by atoms with Crippen molar-refractivity contribution in [3.8, 4) is 0 Å². The summed E-state index contributed by atoms with van der Waals surface area (Å²) in [6.07, 6.45) is 0. The van der Waals surface area contributed by atoms with Crippen LogP contribution in [0, 0.1) is 0 Å². The van der Waals surface area contributed by atoms with Gasteiger partial charge in [-0.3, -0.25) is 4.90 Å². The SMILES string of the molecule is CCN(C)C(C)c1ccccc1.Cl. The molecule has 2 heteroatoms. The summed E-state index contributed by atoms with van der Waals surface area (Å²) in [5, 5.41) is 0. The van der Waals surface area contributed by atoms with Gasteiger partial charge in [-0.15, -0.1) is 12.4 Å². The Bertz CT molecular complexity index is 223. The molecule has 0 amide bonds. The van der Waals surface area contributed by atoms with Crippen LogP contribution in [-0.4, -0.2) is 18.5 Å². The summed E-state index contributed by atoms with van der Waals surface area (Å²) in [5.74, 6) is 0. The zero-order chi connectivity index (χ0) is 8.97. The van der Waals surface area contributed by atoms with Gasteiger partial charge in [0.05, 0.1) is 0 Å². The third kappa shape index (κ3) is 3.37. The van der Waals surface area contributed by atoms with E-state index in [2.05, 4.69) is 56.1 Å². The Hall–Kier alpha value is -0.530. The number of halogens is 1. The second kappa shape index (κ2) is 6.01. The van der Waals surface area contributed by atoms with Gasteiger partial charge in [0.25, 0.3) is 0 Å². The Morgan fingerprint density at radius 2 is 1.77 bits per heavy atom. The van der Waals surface area contributed by atoms with Gasteiger partial charge in [0, 0.05) is 6.04 Å². The minimum Gasteiger partial charge on any atom is -0.300 e. The van der Waals surface area contributed by atoms with Crippen molar-refractivity contribution in [1.29, 1.82) is 0 Å². The number of hydrogen-bond donors (Lipinski definition) is 0. The van der Waals surface area contributed by atoms with E-state index in [9.17, 15) is 0 Å². The molecule has 13 heavy (non-hydrogen) atoms. The molecule has 0 aliphatic carbocycles. The van der Waals surface area contributed by atoms with E-state index < -0.39 is 0 Å². The highest BCUT2D eigenvalue weighted by atomic mass is 35.5. The molecule has 1 aromatic rings. The molecule has 0 aromatic heterocycles. The molecule has 1 aromatic carbocycles. The largest absolute Gasteiger partial charge is 0.300 e. The Balaban J connectivity index is 0.00000144. The predicted octanol–water partition coefficient (Wildman–Crippen LogP) is 3.12. The topological polar surface area (TPSA) is 3.24 Å². The van der Waals surface area contributed by atoms with Crippen LogP contribution in [0.2, 0.25) is 0 Å². The van der Waals surface area contributed by atoms with E-state index in [0.717, 1.165) is 6.54 Å². The summed E-state index contributed by atoms with van der Waals surface area (Å²) < 4.78 is 0. The maximum absolute atomic E-state index is 2.33. The third-order valence-electron chi connectivity index (χ3n) is 2.44. The molecular weight excluding hydrogens is 182 g/mol. The van der Waals surface area contributed by atoms with Crippen molar-refractivity contribution in [3.05, 3.63) is 35.9 Å². The summed E-state index contributed by atoms with van der Waals surface area (Å²) in [4.78, 5) is 2.33. The normalized spacial score (nSPS) is 12.3. The number of hydrogen-bond acceptors (Lipinski definition) is 1. The second-order valence-electron chi connectivity index (χ2n) is 3.16. The number of nitrogens with zero attached hydrogens (tertiary/aromatic N) is 1. The molecule has 0 aliphatic rings. The monoisotopic (exact) mass is 199 g/mol. The van der Waals surface area contributed by atoms with Crippen LogP contribution in [0.25, 0.3) is 0 Å². The van der Waals surface area contributed by atoms with Crippen LogP contribution in [0.3, 0.4) is 0 Å². The number of benzene rings is 1. The Kier molecular flexibility index (Phi) is 5.76. The molecule has 0 spiro atoms. The van der Waals surface area contributed by atoms with Crippen molar-refractivity contribution < 1.29 is 0 Å². The van der Waals surface area contributed by atoms with Crippen LogP contribution in [0.15, 0.2) is 30.3 Å². The molecule has 0 N–H and O–H groups in total. The smallest absolute Gasteiger partial charge is 0.0316 e. The maximum Gasteiger partial charge on any atom is 0.0316 e. The molecule has 1 nitrogen and oxygen atoms in total. The molecular formula is C11H18ClN. The van der Waals surface area contributed by atoms with E-state index in [4.69, 9.17) is 0 Å². The third-order valence-corrected chi connectivity index (χ3v) is 2.44. The Morgan fingerprint density at radius 1 is 1.23 bits per heavy atom. The fourth-order valence-corrected chi connectivity index (χ4v) is 1.26. The van der Waals surface area contributed by atoms with Crippen LogP contribution < -0.4 is 0 Å². The van der Waals surface area contributed by atoms with Gasteiger partial charge in [0.2, 0.25) is 0 Å². The molecule has 0 aliphatic heterocycles. The quantitative estimate of drug-likeness (QED) is 0.723. The lowest BCUT2D eigenvalue weighted by atomic mass is 10.1. The van der Waals surface area contributed by atoms with Crippen LogP contribution in [0.5, 0.6) is 0 Å². The molecule has 0 heterocycles. The first kappa shape index (κ1) is 12.5. The molecule has 0 bridgehead atoms. The molecule has 0 fully saturated rings. The fraction of sp³-hybridized carbons (Fsp3) is 0.455. The van der Waals surface area contributed by atoms with E-state index >= 15 is 0 Å². The lowest BCUT2D eigenvalue weighted by molar-refractivity contribution is 0.276. The second-order valence-corrected chi connectivity index (χ2v) is 3.16. The minimum absolute atomic E-state index is 0. The summed E-state index contributed by atoms with van der Waals surface area (Å²) in [6, 6.07) is 11.1. The van der Waals surface area contributed by atoms with Gasteiger partial charge in [0.1, 0.15) is 0 Å². The van der Waals surface area contributed by atoms with Crippen molar-refractivity contribution in [2.75, 3.05) is 13.6 Å². The molecule has 74 valence electrons. The maximum atomic E-state index is 2.33. The minimum atomic E-state index is 0. The van der Waals surface area contributed by atoms with Gasteiger partial charge >= 0.3 is 0 Å². The zero-order valence-corrected chi connectivity index (χ0v) is 9.34. The highest BCUT2D eigenvalue weighted by molar-refractivity contribution is 5.85. The first-order chi connectivity index (χ1) is 5.75. The Morgan fingerprint density at radius 3 is 2.23 bits per heavy atom. The lowest BCUT2D eigenvalue weighted by Crippen LogP contribution is -2.21. The van der Waals surface area contributed by atoms with Gasteiger partial charge in [-0.2, -0.15) is 0 Å². The van der Waals surface area contributed by atoms with Gasteiger partial charge in [-0.05, 0) is 26.1 Å². The van der Waals surface area contributed by atoms with E-state index in [-0.39, 0.29) is 12.4 Å². The van der Waals surface area contributed by atoms with Crippen LogP contribution >= 0.6 is 12.4 Å². The summed E-state index contributed by atoms with van der Waals surface area (Å²) in [7, 11) is 2.15. The van der Waals surface area contributed by atoms with Crippen LogP contribution in [0.4, 0.5) is 0 Å². The molecule has 0 saturated carbocycles. The Labute approximate surface area is 87.2 Å². The van der Waals surface area contributed by atoms with E-state index in [1.165, 1.54) is 5.56 Å². The average Bonchev–Trinajstić information content (AvgIpc) is 2.17. The van der Waals surface area contributed by atoms with Crippen molar-refractivity contribution in [2.45, 2.75) is 19.9 Å². The first-order valence-electron chi connectivity index (χ1n) is 4.51. The highest BCUT2D eigenvalue weighted by Gasteiger charge is 2.07. The van der Waals surface area contributed by atoms with Crippen molar-refractivity contribution in [2.24, 2.45) is 0 Å². The van der Waals surface area contributed by atoms with Gasteiger partial charge in [0.15, 0.2) is 0 Å². The zero-order valence-electron chi connectivity index (χ0n) is 8.53. The summed E-state index contributed by atoms with van der Waals surface area (Å²) >= 11 is 0. The van der Waals surface area contributed by atoms with Crippen molar-refractivity contribution in [1.82, 2.24) is 4.90 Å². The van der Waals surface area contributed by atoms with Crippen molar-refractivity contribution >= 4 is 12.4 Å². The predicted molar refractivity (Wildman–Crippen MR) is 60.4 cm³/mol. The lowest BCUT2D eigenvalue weighted by Gasteiger charge is -2.23. The standard InChI is InChI=1S/C11H17N.ClH/c1-4-12(3)10(2)11-8-6-5-7-9-11;/h5-10H,4H2,1-3H3;1H. The average molecular weight is 200 g/mol. The number of rotatable bonds is 3. The van der Waals surface area contributed by atoms with Gasteiger partial charge in [-0.25, -0.2) is 0 Å². The van der Waals surface area contributed by atoms with E-state index in [0.29, 0.717) is 6.04 Å². The summed E-state index contributed by atoms with van der Waals surface area (Å²) in [5.41, 5.74) is 1.39. The fourth-order valence-electron chi connectivity index (χ4n) is 1.26. The van der Waals surface area contributed by atoms with Crippen LogP contribution in [0.1, 0.15) is 25.5 Å². The molecule has 0 radical (unpaired) electrons. The summed E-state index contributed by atoms with van der Waals surface area (Å²) in [6.45, 7) is 5.51. The van der Waals surface area contributed by atoms with Crippen LogP contribution in [-0.2, 0) is 0 Å². The first-order valence-corrected chi connectivity index (χ1v) is 4.51. The van der Waals surface area contributed by atoms with Gasteiger partial charge < -0.3 is 0 Å². The molecule has 1 rings (SSSR count). The van der Waals surface area contributed by atoms with Crippen molar-refractivity contribution in [3.63, 3.8) is 0 Å². The molecule has 1 unspecified atom stereocenters. The molecule has 0 saturated heterocycles. The van der Waals surface area contributed by atoms with E-state index in [1.54, 1.807) is 0 Å². The van der Waals surface area contributed by atoms with E-state index in [1.807, 2.05) is 0 Å². The van der Waals surface area contributed by atoms with Gasteiger partial charge in [-0.1, -0.05) is 37.3 Å². The molecule has 1 atom stereocenters. The highest BCUT2D eigenvalue weighted by Crippen LogP contribution is 2.16.